The van der Waals surface area contributed by atoms with E-state index in [1.165, 1.54) is 49.7 Å². The second kappa shape index (κ2) is 16.5. The molecule has 2 heterocycles. The van der Waals surface area contributed by atoms with Crippen LogP contribution in [0.1, 0.15) is 41.6 Å². The molecular weight excluding hydrogens is 725 g/mol. The second-order valence-electron chi connectivity index (χ2n) is 11.6. The number of amides is 2. The fraction of sp³-hybridized carbons (Fsp3) is 0.294. The molecule has 53 heavy (non-hydrogen) atoms. The van der Waals surface area contributed by atoms with Crippen molar-refractivity contribution in [2.75, 3.05) is 36.8 Å². The number of ether oxygens (including phenoxy) is 3. The first kappa shape index (κ1) is 38.2. The molecule has 0 aliphatic heterocycles. The zero-order valence-electron chi connectivity index (χ0n) is 28.1. The van der Waals surface area contributed by atoms with Crippen molar-refractivity contribution < 1.29 is 46.6 Å². The van der Waals surface area contributed by atoms with Gasteiger partial charge in [-0.1, -0.05) is 23.7 Å². The maximum absolute atomic E-state index is 13.1. The number of hydrogen-bond donors (Lipinski definition) is 4. The quantitative estimate of drug-likeness (QED) is 0.0884. The van der Waals surface area contributed by atoms with E-state index in [-0.39, 0.29) is 29.6 Å². The van der Waals surface area contributed by atoms with Crippen LogP contribution in [0.15, 0.2) is 66.9 Å². The molecule has 0 unspecified atom stereocenters. The molecule has 4 N–H and O–H groups in total. The first-order chi connectivity index (χ1) is 25.3. The van der Waals surface area contributed by atoms with Gasteiger partial charge in [0.1, 0.15) is 6.04 Å². The molecule has 2 aromatic carbocycles. The molecule has 5 rings (SSSR count). The minimum Gasteiger partial charge on any atom is -0.481 e. The van der Waals surface area contributed by atoms with Gasteiger partial charge in [-0.05, 0) is 67.3 Å². The molecule has 2 aromatic heterocycles. The van der Waals surface area contributed by atoms with E-state index in [0.29, 0.717) is 29.4 Å². The Bertz CT molecular complexity index is 1950. The number of rotatable bonds is 16. The molecule has 0 spiro atoms. The van der Waals surface area contributed by atoms with E-state index < -0.39 is 60.4 Å². The van der Waals surface area contributed by atoms with Gasteiger partial charge in [0.05, 0.1) is 31.6 Å². The number of hydrogen-bond acceptors (Lipinski definition) is 13. The third-order valence-electron chi connectivity index (χ3n) is 7.79. The lowest BCUT2D eigenvalue weighted by Gasteiger charge is -2.19. The number of nitrogens with zero attached hydrogens (tertiary/aromatic N) is 4. The van der Waals surface area contributed by atoms with Crippen molar-refractivity contribution >= 4 is 58.4 Å². The number of halogens is 4. The highest BCUT2D eigenvalue weighted by Crippen LogP contribution is 2.48. The Balaban J connectivity index is 1.23. The molecule has 1 aliphatic carbocycles. The molecule has 4 aromatic rings. The monoisotopic (exact) mass is 756 g/mol. The molecule has 0 bridgehead atoms. The predicted molar refractivity (Wildman–Crippen MR) is 184 cm³/mol. The predicted octanol–water partition coefficient (Wildman–Crippen LogP) is 4.97. The first-order valence-electron chi connectivity index (χ1n) is 15.9. The summed E-state index contributed by atoms with van der Waals surface area (Å²) in [7, 11) is 2.53. The largest absolute Gasteiger partial charge is 0.481 e. The summed E-state index contributed by atoms with van der Waals surface area (Å²) in [6.45, 7) is -1.63. The Morgan fingerprint density at radius 2 is 1.58 bits per heavy atom. The number of ketones is 1. The summed E-state index contributed by atoms with van der Waals surface area (Å²) >= 11 is 6.02. The van der Waals surface area contributed by atoms with Gasteiger partial charge in [0.15, 0.2) is 6.61 Å². The van der Waals surface area contributed by atoms with Crippen LogP contribution in [-0.2, 0) is 24.7 Å². The van der Waals surface area contributed by atoms with Crippen LogP contribution in [0, 0.1) is 0 Å². The number of anilines is 4. The SMILES string of the molecule is COC(=O)[C@H](CCC(=O)C(=O)Nc1ccc(OC)nc1)NC(=O)c1ccc(Nc2nc(NC3(c4ccc(Cl)cc4)CC3)nc(OCC(F)(F)F)n2)cc1. The second-order valence-corrected chi connectivity index (χ2v) is 12.1. The van der Waals surface area contributed by atoms with Crippen molar-refractivity contribution in [3.63, 3.8) is 0 Å². The van der Waals surface area contributed by atoms with Crippen LogP contribution in [0.2, 0.25) is 5.02 Å². The van der Waals surface area contributed by atoms with Gasteiger partial charge in [0, 0.05) is 28.8 Å². The number of esters is 1. The van der Waals surface area contributed by atoms with Crippen LogP contribution >= 0.6 is 11.6 Å². The topological polar surface area (TPSA) is 196 Å². The maximum Gasteiger partial charge on any atom is 0.422 e. The smallest absolute Gasteiger partial charge is 0.422 e. The zero-order chi connectivity index (χ0) is 38.2. The third-order valence-corrected chi connectivity index (χ3v) is 8.04. The van der Waals surface area contributed by atoms with Gasteiger partial charge in [0.2, 0.25) is 23.6 Å². The van der Waals surface area contributed by atoms with E-state index in [9.17, 15) is 32.3 Å². The number of alkyl halides is 3. The van der Waals surface area contributed by atoms with Crippen molar-refractivity contribution in [3.8, 4) is 11.9 Å². The lowest BCUT2D eigenvalue weighted by molar-refractivity contribution is -0.154. The van der Waals surface area contributed by atoms with Crippen LogP contribution in [-0.4, -0.2) is 76.5 Å². The number of aromatic nitrogens is 4. The molecule has 0 saturated heterocycles. The Morgan fingerprint density at radius 1 is 0.906 bits per heavy atom. The summed E-state index contributed by atoms with van der Waals surface area (Å²) in [4.78, 5) is 66.6. The summed E-state index contributed by atoms with van der Waals surface area (Å²) < 4.78 is 53.4. The lowest BCUT2D eigenvalue weighted by Crippen LogP contribution is -2.42. The highest BCUT2D eigenvalue weighted by molar-refractivity contribution is 6.40. The van der Waals surface area contributed by atoms with Gasteiger partial charge in [-0.15, -0.1) is 0 Å². The summed E-state index contributed by atoms with van der Waals surface area (Å²) in [6.07, 6.45) is -2.56. The van der Waals surface area contributed by atoms with E-state index in [2.05, 4.69) is 41.2 Å². The van der Waals surface area contributed by atoms with Crippen molar-refractivity contribution in [2.45, 2.75) is 43.4 Å². The number of Topliss-reactive ketones (excluding diaryl/α,β-unsaturated/α-hetero) is 1. The zero-order valence-corrected chi connectivity index (χ0v) is 28.9. The fourth-order valence-corrected chi connectivity index (χ4v) is 5.03. The Morgan fingerprint density at radius 3 is 2.19 bits per heavy atom. The number of carbonyl (C=O) groups is 4. The highest BCUT2D eigenvalue weighted by atomic mass is 35.5. The van der Waals surface area contributed by atoms with E-state index in [1.807, 2.05) is 12.1 Å². The van der Waals surface area contributed by atoms with Crippen LogP contribution in [0.4, 0.5) is 36.4 Å². The molecular formula is C34H32ClF3N8O7. The Hall–Kier alpha value is -6.04. The number of carbonyl (C=O) groups excluding carboxylic acids is 4. The van der Waals surface area contributed by atoms with Crippen LogP contribution in [0.25, 0.3) is 0 Å². The van der Waals surface area contributed by atoms with E-state index in [4.69, 9.17) is 25.8 Å². The van der Waals surface area contributed by atoms with Crippen LogP contribution in [0.3, 0.4) is 0 Å². The molecule has 1 aliphatic rings. The number of pyridine rings is 1. The van der Waals surface area contributed by atoms with Gasteiger partial charge in [-0.25, -0.2) is 9.78 Å². The van der Waals surface area contributed by atoms with Gasteiger partial charge < -0.3 is 35.5 Å². The molecule has 1 saturated carbocycles. The molecule has 1 fully saturated rings. The summed E-state index contributed by atoms with van der Waals surface area (Å²) in [5.74, 6) is -3.19. The fourth-order valence-electron chi connectivity index (χ4n) is 4.90. The summed E-state index contributed by atoms with van der Waals surface area (Å²) in [5.41, 5.74) is 1.02. The molecule has 15 nitrogen and oxygen atoms in total. The average molecular weight is 757 g/mol. The normalized spacial score (nSPS) is 13.5. The first-order valence-corrected chi connectivity index (χ1v) is 16.2. The van der Waals surface area contributed by atoms with Crippen LogP contribution < -0.4 is 30.7 Å². The van der Waals surface area contributed by atoms with Gasteiger partial charge in [0.25, 0.3) is 11.8 Å². The molecule has 1 atom stereocenters. The van der Waals surface area contributed by atoms with Gasteiger partial charge in [-0.2, -0.15) is 28.1 Å². The minimum atomic E-state index is -4.64. The van der Waals surface area contributed by atoms with Crippen molar-refractivity contribution in [2.24, 2.45) is 0 Å². The average Bonchev–Trinajstić information content (AvgIpc) is 3.92. The molecule has 278 valence electrons. The molecule has 19 heteroatoms. The Labute approximate surface area is 305 Å². The van der Waals surface area contributed by atoms with Crippen molar-refractivity contribution in [3.05, 3.63) is 83.0 Å². The number of nitrogens with one attached hydrogen (secondary N) is 4. The standard InChI is InChI=1S/C34H32ClF3N8O7/c1-51-26-14-11-23(17-39-26)40-28(49)25(47)13-12-24(29(50)52-2)42-27(48)19-3-9-22(10-4-19)41-30-43-31(45-32(44-30)53-18-34(36,37)38)46-33(15-16-33)20-5-7-21(35)8-6-20/h3-11,14,17,24H,12-13,15-16,18H2,1-2H3,(H,40,49)(H,42,48)(H2,41,43,44,45,46)/t24-/m0/s1. The highest BCUT2D eigenvalue weighted by Gasteiger charge is 2.45. The molecule has 2 amide bonds. The van der Waals surface area contributed by atoms with E-state index >= 15 is 0 Å². The number of benzene rings is 2. The van der Waals surface area contributed by atoms with Crippen molar-refractivity contribution in [1.29, 1.82) is 0 Å². The molecule has 0 radical (unpaired) electrons. The third kappa shape index (κ3) is 10.7. The van der Waals surface area contributed by atoms with Gasteiger partial charge in [-0.3, -0.25) is 14.4 Å². The van der Waals surface area contributed by atoms with Gasteiger partial charge >= 0.3 is 18.2 Å². The minimum absolute atomic E-state index is 0.0364. The lowest BCUT2D eigenvalue weighted by atomic mass is 10.1. The van der Waals surface area contributed by atoms with E-state index in [0.717, 1.165) is 12.7 Å². The van der Waals surface area contributed by atoms with Crippen LogP contribution in [0.5, 0.6) is 11.9 Å². The maximum atomic E-state index is 13.1. The number of methoxy groups -OCH3 is 2. The summed E-state index contributed by atoms with van der Waals surface area (Å²) in [6, 6.07) is 14.0. The van der Waals surface area contributed by atoms with Crippen molar-refractivity contribution in [1.82, 2.24) is 25.3 Å². The summed E-state index contributed by atoms with van der Waals surface area (Å²) in [5, 5.41) is 11.5. The van der Waals surface area contributed by atoms with E-state index in [1.54, 1.807) is 12.1 Å². The Kier molecular flexibility index (Phi) is 11.9.